The molecule has 0 spiro atoms. The van der Waals surface area contributed by atoms with Crippen molar-refractivity contribution in [2.45, 2.75) is 39.5 Å². The van der Waals surface area contributed by atoms with E-state index in [1.807, 2.05) is 17.8 Å². The molecule has 0 unspecified atom stereocenters. The summed E-state index contributed by atoms with van der Waals surface area (Å²) in [6.45, 7) is 11.4. The molecule has 0 aromatic carbocycles. The van der Waals surface area contributed by atoms with Crippen LogP contribution in [0.1, 0.15) is 39.5 Å². The third kappa shape index (κ3) is 60.9. The molecule has 0 N–H and O–H groups in total. The third-order valence-electron chi connectivity index (χ3n) is 0.707. The zero-order chi connectivity index (χ0) is 8.83. The molecule has 0 aromatic rings. The molecule has 0 aliphatic carbocycles. The molecule has 0 saturated carbocycles. The molecule has 2 heteroatoms. The van der Waals surface area contributed by atoms with E-state index in [2.05, 4.69) is 41.0 Å². The number of unbranched alkanes of at least 4 members (excludes halogenated alkanes) is 2. The van der Waals surface area contributed by atoms with Gasteiger partial charge in [-0.15, -0.1) is 0 Å². The van der Waals surface area contributed by atoms with Crippen molar-refractivity contribution in [2.24, 2.45) is 0 Å². The van der Waals surface area contributed by atoms with E-state index in [0.717, 1.165) is 12.8 Å². The van der Waals surface area contributed by atoms with Gasteiger partial charge in [-0.2, -0.15) is 12.8 Å². The van der Waals surface area contributed by atoms with Crippen molar-refractivity contribution >= 4 is 13.3 Å². The number of halogens is 1. The number of hydrogen-bond donors (Lipinski definition) is 0. The SMILES string of the molecule is [Br][Pt].[CH2-]CCC.[CH2-]CCC. The van der Waals surface area contributed by atoms with E-state index in [4.69, 9.17) is 0 Å². The smallest absolute Gasteiger partial charge is 0.0678 e. The average Bonchev–Trinajstić information content (AvgIpc) is 2.08. The predicted molar refractivity (Wildman–Crippen MR) is 49.5 cm³/mol. The van der Waals surface area contributed by atoms with Crippen LogP contribution in [-0.4, -0.2) is 0 Å². The summed E-state index contributed by atoms with van der Waals surface area (Å²) in [7, 11) is 0. The van der Waals surface area contributed by atoms with Crippen LogP contribution < -0.4 is 0 Å². The molecule has 0 aliphatic heterocycles. The minimum Gasteiger partial charge on any atom is -0.343 e. The molecule has 0 aliphatic rings. The predicted octanol–water partition coefficient (Wildman–Crippen LogP) is 4.08. The molecule has 0 aromatic heterocycles. The first-order chi connectivity index (χ1) is 4.83. The average molecular weight is 389 g/mol. The summed E-state index contributed by atoms with van der Waals surface area (Å²) in [6.07, 6.45) is 4.56. The third-order valence-corrected chi connectivity index (χ3v) is 0.707. The van der Waals surface area contributed by atoms with Crippen molar-refractivity contribution in [3.05, 3.63) is 13.8 Å². The van der Waals surface area contributed by atoms with Crippen LogP contribution in [0.3, 0.4) is 0 Å². The van der Waals surface area contributed by atoms with E-state index in [1.165, 1.54) is 12.8 Å². The van der Waals surface area contributed by atoms with Crippen molar-refractivity contribution in [3.8, 4) is 0 Å². The van der Waals surface area contributed by atoms with Gasteiger partial charge in [0, 0.05) is 0 Å². The first-order valence-electron chi connectivity index (χ1n) is 3.53. The molecule has 0 radical (unpaired) electrons. The van der Waals surface area contributed by atoms with E-state index in [0.29, 0.717) is 0 Å². The Bertz CT molecular complexity index is 17.2. The zero-order valence-electron chi connectivity index (χ0n) is 6.94. The van der Waals surface area contributed by atoms with Gasteiger partial charge in [0.25, 0.3) is 0 Å². The van der Waals surface area contributed by atoms with Crippen molar-refractivity contribution in [1.82, 2.24) is 0 Å². The fraction of sp³-hybridized carbons (Fsp3) is 0.750. The van der Waals surface area contributed by atoms with Gasteiger partial charge in [0.1, 0.15) is 0 Å². The Labute approximate surface area is 84.2 Å². The summed E-state index contributed by atoms with van der Waals surface area (Å²) in [4.78, 5) is 0. The quantitative estimate of drug-likeness (QED) is 0.625. The molecule has 0 rings (SSSR count). The van der Waals surface area contributed by atoms with Gasteiger partial charge in [0.2, 0.25) is 0 Å². The van der Waals surface area contributed by atoms with Crippen molar-refractivity contribution in [3.63, 3.8) is 0 Å². The van der Waals surface area contributed by atoms with Crippen LogP contribution in [0.5, 0.6) is 0 Å². The normalized spacial score (nSPS) is 6.70. The van der Waals surface area contributed by atoms with Crippen LogP contribution in [-0.2, 0) is 17.8 Å². The van der Waals surface area contributed by atoms with Gasteiger partial charge >= 0.3 is 31.1 Å². The van der Waals surface area contributed by atoms with Gasteiger partial charge < -0.3 is 13.8 Å². The first-order valence-corrected chi connectivity index (χ1v) is 8.50. The molecule has 0 saturated heterocycles. The van der Waals surface area contributed by atoms with Crippen LogP contribution in [0.4, 0.5) is 0 Å². The summed E-state index contributed by atoms with van der Waals surface area (Å²) in [5.41, 5.74) is 0. The summed E-state index contributed by atoms with van der Waals surface area (Å²) in [5, 5.41) is 0. The van der Waals surface area contributed by atoms with E-state index in [-0.39, 0.29) is 0 Å². The Balaban J connectivity index is -0.0000000787. The van der Waals surface area contributed by atoms with Crippen LogP contribution >= 0.6 is 13.3 Å². The molecule has 0 amide bonds. The second-order valence-corrected chi connectivity index (χ2v) is 1.71. The fourth-order valence-corrected chi connectivity index (χ4v) is 0. The minimum atomic E-state index is 1.07. The van der Waals surface area contributed by atoms with Crippen LogP contribution in [0.25, 0.3) is 0 Å². The van der Waals surface area contributed by atoms with Gasteiger partial charge in [-0.25, -0.2) is 0 Å². The van der Waals surface area contributed by atoms with Crippen molar-refractivity contribution in [1.29, 1.82) is 0 Å². The molecule has 10 heavy (non-hydrogen) atoms. The Kier molecular flexibility index (Phi) is 55.4. The molecule has 0 bridgehead atoms. The van der Waals surface area contributed by atoms with Crippen LogP contribution in [0.2, 0.25) is 0 Å². The summed E-state index contributed by atoms with van der Waals surface area (Å²) in [5.74, 6) is 0. The zero-order valence-corrected chi connectivity index (χ0v) is 10.8. The van der Waals surface area contributed by atoms with Gasteiger partial charge in [0.05, 0.1) is 0 Å². The van der Waals surface area contributed by atoms with E-state index in [1.54, 1.807) is 0 Å². The van der Waals surface area contributed by atoms with E-state index in [9.17, 15) is 0 Å². The molecule has 69 valence electrons. The Morgan fingerprint density at radius 2 is 1.10 bits per heavy atom. The minimum absolute atomic E-state index is 1.07. The maximum absolute atomic E-state index is 3.60. The van der Waals surface area contributed by atoms with Gasteiger partial charge in [-0.05, 0) is 0 Å². The second-order valence-electron chi connectivity index (χ2n) is 1.71. The van der Waals surface area contributed by atoms with Gasteiger partial charge in [-0.3, -0.25) is 0 Å². The molecule has 0 fully saturated rings. The van der Waals surface area contributed by atoms with Crippen LogP contribution in [0, 0.1) is 13.8 Å². The summed E-state index contributed by atoms with van der Waals surface area (Å²) in [6, 6.07) is 0. The van der Waals surface area contributed by atoms with Crippen LogP contribution in [0.15, 0.2) is 0 Å². The summed E-state index contributed by atoms with van der Waals surface area (Å²) < 4.78 is 0. The van der Waals surface area contributed by atoms with Crippen molar-refractivity contribution < 1.29 is 17.8 Å². The summed E-state index contributed by atoms with van der Waals surface area (Å²) >= 11 is 4.86. The van der Waals surface area contributed by atoms with Gasteiger partial charge in [-0.1, -0.05) is 26.7 Å². The standard InChI is InChI=1S/2C4H9.BrH.Pt/c2*1-3-4-2;;/h2*1,3-4H2,2H3;1H;/q2*-1;;+1/p-1. The Hall–Kier alpha value is 1.17. The fourth-order valence-electron chi connectivity index (χ4n) is 0. The topological polar surface area (TPSA) is 0 Å². The van der Waals surface area contributed by atoms with Crippen molar-refractivity contribution in [2.75, 3.05) is 0 Å². The maximum atomic E-state index is 3.60. The molecule has 0 nitrogen and oxygen atoms in total. The monoisotopic (exact) mass is 388 g/mol. The molecular formula is C8H18BrPt-2. The first kappa shape index (κ1) is 17.3. The van der Waals surface area contributed by atoms with E-state index >= 15 is 0 Å². The number of rotatable bonds is 2. The number of hydrogen-bond acceptors (Lipinski definition) is 0. The Morgan fingerprint density at radius 3 is 1.10 bits per heavy atom. The van der Waals surface area contributed by atoms with Gasteiger partial charge in [0.15, 0.2) is 0 Å². The molecule has 0 heterocycles. The Morgan fingerprint density at radius 1 is 1.00 bits per heavy atom. The van der Waals surface area contributed by atoms with E-state index < -0.39 is 0 Å². The maximum Gasteiger partial charge on any atom is -0.0678 e. The molecular weight excluding hydrogens is 371 g/mol. The largest absolute Gasteiger partial charge is 0.343 e. The molecule has 0 atom stereocenters. The second kappa shape index (κ2) is 32.0.